The van der Waals surface area contributed by atoms with E-state index in [1.54, 1.807) is 7.11 Å². The van der Waals surface area contributed by atoms with Gasteiger partial charge in [-0.3, -0.25) is 0 Å². The number of hydrogen-bond acceptors (Lipinski definition) is 4. The first-order valence-electron chi connectivity index (χ1n) is 8.20. The zero-order valence-electron chi connectivity index (χ0n) is 13.2. The van der Waals surface area contributed by atoms with Gasteiger partial charge in [0.2, 0.25) is 0 Å². The molecular weight excluding hydrogens is 336 g/mol. The molecule has 0 N–H and O–H groups in total. The third-order valence-corrected chi connectivity index (χ3v) is 6.11. The second kappa shape index (κ2) is 9.46. The Balaban J connectivity index is 1.49. The second-order valence-corrected chi connectivity index (χ2v) is 7.18. The minimum atomic E-state index is 0.418. The van der Waals surface area contributed by atoms with Gasteiger partial charge in [0.15, 0.2) is 0 Å². The van der Waals surface area contributed by atoms with E-state index in [2.05, 4.69) is 15.9 Å². The summed E-state index contributed by atoms with van der Waals surface area (Å²) in [7, 11) is 1.67. The van der Waals surface area contributed by atoms with E-state index in [-0.39, 0.29) is 0 Å². The van der Waals surface area contributed by atoms with E-state index < -0.39 is 0 Å². The average Bonchev–Trinajstić information content (AvgIpc) is 2.53. The second-order valence-electron chi connectivity index (χ2n) is 6.07. The molecule has 2 rings (SSSR count). The van der Waals surface area contributed by atoms with E-state index in [4.69, 9.17) is 18.9 Å². The molecule has 2 atom stereocenters. The zero-order chi connectivity index (χ0) is 15.0. The largest absolute Gasteiger partial charge is 0.382 e. The van der Waals surface area contributed by atoms with E-state index in [1.165, 1.54) is 32.1 Å². The summed E-state index contributed by atoms with van der Waals surface area (Å²) in [5.41, 5.74) is 0.418. The van der Waals surface area contributed by atoms with Gasteiger partial charge >= 0.3 is 0 Å². The Hall–Kier alpha value is 0.320. The molecule has 0 aromatic rings. The van der Waals surface area contributed by atoms with Crippen LogP contribution < -0.4 is 0 Å². The Labute approximate surface area is 137 Å². The predicted octanol–water partition coefficient (Wildman–Crippen LogP) is 3.17. The van der Waals surface area contributed by atoms with E-state index in [9.17, 15) is 0 Å². The number of alkyl halides is 1. The monoisotopic (exact) mass is 364 g/mol. The summed E-state index contributed by atoms with van der Waals surface area (Å²) < 4.78 is 21.9. The number of halogens is 1. The van der Waals surface area contributed by atoms with Crippen molar-refractivity contribution in [2.24, 2.45) is 5.41 Å². The summed E-state index contributed by atoms with van der Waals surface area (Å²) in [5.74, 6) is 0. The quantitative estimate of drug-likeness (QED) is 0.440. The molecular formula is C16H29BrO4. The van der Waals surface area contributed by atoms with Crippen molar-refractivity contribution in [2.45, 2.75) is 49.5 Å². The van der Waals surface area contributed by atoms with Crippen molar-refractivity contribution in [1.82, 2.24) is 0 Å². The highest BCUT2D eigenvalue weighted by Crippen LogP contribution is 2.56. The highest BCUT2D eigenvalue weighted by molar-refractivity contribution is 9.09. The van der Waals surface area contributed by atoms with Crippen LogP contribution in [0.1, 0.15) is 38.5 Å². The Morgan fingerprint density at radius 3 is 2.14 bits per heavy atom. The Bertz CT molecular complexity index is 281. The molecule has 0 saturated heterocycles. The predicted molar refractivity (Wildman–Crippen MR) is 86.1 cm³/mol. The van der Waals surface area contributed by atoms with Gasteiger partial charge in [-0.2, -0.15) is 0 Å². The Morgan fingerprint density at radius 2 is 1.52 bits per heavy atom. The van der Waals surface area contributed by atoms with Gasteiger partial charge < -0.3 is 18.9 Å². The van der Waals surface area contributed by atoms with Gasteiger partial charge in [0, 0.05) is 17.4 Å². The molecule has 0 aromatic carbocycles. The standard InChI is InChI=1S/C16H29BrO4/c1-18-7-8-19-9-10-20-11-12-21-15-13-14(17)16(15)5-3-2-4-6-16/h14-15H,2-13H2,1H3. The molecule has 0 heterocycles. The number of methoxy groups -OCH3 is 1. The molecule has 1 spiro atoms. The van der Waals surface area contributed by atoms with E-state index in [0.717, 1.165) is 6.42 Å². The van der Waals surface area contributed by atoms with Crippen LogP contribution in [0, 0.1) is 5.41 Å². The molecule has 0 aliphatic heterocycles. The fourth-order valence-electron chi connectivity index (χ4n) is 3.49. The van der Waals surface area contributed by atoms with Crippen LogP contribution in [-0.2, 0) is 18.9 Å². The smallest absolute Gasteiger partial charge is 0.0704 e. The minimum Gasteiger partial charge on any atom is -0.382 e. The summed E-state index contributed by atoms with van der Waals surface area (Å²) in [6, 6.07) is 0. The molecule has 2 unspecified atom stereocenters. The molecule has 2 aliphatic carbocycles. The lowest BCUT2D eigenvalue weighted by atomic mass is 9.58. The van der Waals surface area contributed by atoms with E-state index in [0.29, 0.717) is 56.0 Å². The van der Waals surface area contributed by atoms with Crippen molar-refractivity contribution >= 4 is 15.9 Å². The molecule has 0 radical (unpaired) electrons. The lowest BCUT2D eigenvalue weighted by Crippen LogP contribution is -2.56. The third kappa shape index (κ3) is 4.90. The minimum absolute atomic E-state index is 0.418. The van der Waals surface area contributed by atoms with Crippen LogP contribution in [-0.4, -0.2) is 57.7 Å². The summed E-state index contributed by atoms with van der Waals surface area (Å²) in [6.07, 6.45) is 8.34. The first kappa shape index (κ1) is 17.7. The topological polar surface area (TPSA) is 36.9 Å². The van der Waals surface area contributed by atoms with Crippen LogP contribution in [0.25, 0.3) is 0 Å². The SMILES string of the molecule is COCCOCCOCCOC1CC(Br)C12CCCCC2. The third-order valence-electron chi connectivity index (χ3n) is 4.82. The Kier molecular flexibility index (Phi) is 7.96. The molecule has 124 valence electrons. The average molecular weight is 365 g/mol. The van der Waals surface area contributed by atoms with Gasteiger partial charge in [0.1, 0.15) is 0 Å². The molecule has 2 aliphatic rings. The molecule has 21 heavy (non-hydrogen) atoms. The van der Waals surface area contributed by atoms with Crippen molar-refractivity contribution < 1.29 is 18.9 Å². The van der Waals surface area contributed by atoms with Crippen LogP contribution in [0.3, 0.4) is 0 Å². The summed E-state index contributed by atoms with van der Waals surface area (Å²) >= 11 is 3.85. The van der Waals surface area contributed by atoms with Crippen LogP contribution in [0.2, 0.25) is 0 Å². The highest BCUT2D eigenvalue weighted by atomic mass is 79.9. The molecule has 0 amide bonds. The Morgan fingerprint density at radius 1 is 0.905 bits per heavy atom. The van der Waals surface area contributed by atoms with Crippen LogP contribution in [0.5, 0.6) is 0 Å². The maximum atomic E-state index is 6.07. The van der Waals surface area contributed by atoms with Crippen molar-refractivity contribution in [3.8, 4) is 0 Å². The maximum Gasteiger partial charge on any atom is 0.0704 e. The highest BCUT2D eigenvalue weighted by Gasteiger charge is 2.54. The molecule has 0 aromatic heterocycles. The number of hydrogen-bond donors (Lipinski definition) is 0. The van der Waals surface area contributed by atoms with Gasteiger partial charge in [-0.15, -0.1) is 0 Å². The summed E-state index contributed by atoms with van der Waals surface area (Å²) in [5, 5.41) is 0. The van der Waals surface area contributed by atoms with Crippen LogP contribution in [0.4, 0.5) is 0 Å². The molecule has 2 saturated carbocycles. The molecule has 5 heteroatoms. The van der Waals surface area contributed by atoms with Gasteiger partial charge in [-0.25, -0.2) is 0 Å². The fraction of sp³-hybridized carbons (Fsp3) is 1.00. The summed E-state index contributed by atoms with van der Waals surface area (Å²) in [4.78, 5) is 0.658. The fourth-order valence-corrected chi connectivity index (χ4v) is 4.58. The number of ether oxygens (including phenoxy) is 4. The van der Waals surface area contributed by atoms with E-state index >= 15 is 0 Å². The van der Waals surface area contributed by atoms with E-state index in [1.807, 2.05) is 0 Å². The first-order valence-corrected chi connectivity index (χ1v) is 9.11. The molecule has 2 fully saturated rings. The normalized spacial score (nSPS) is 27.7. The van der Waals surface area contributed by atoms with Crippen molar-refractivity contribution in [2.75, 3.05) is 46.8 Å². The summed E-state index contributed by atoms with van der Waals surface area (Å²) in [6.45, 7) is 3.88. The lowest BCUT2D eigenvalue weighted by molar-refractivity contribution is -0.130. The van der Waals surface area contributed by atoms with Crippen molar-refractivity contribution in [3.05, 3.63) is 0 Å². The van der Waals surface area contributed by atoms with Gasteiger partial charge in [0.25, 0.3) is 0 Å². The first-order chi connectivity index (χ1) is 10.3. The van der Waals surface area contributed by atoms with Gasteiger partial charge in [-0.1, -0.05) is 35.2 Å². The van der Waals surface area contributed by atoms with Crippen LogP contribution in [0.15, 0.2) is 0 Å². The zero-order valence-corrected chi connectivity index (χ0v) is 14.7. The molecule has 0 bridgehead atoms. The maximum absolute atomic E-state index is 6.07. The molecule has 4 nitrogen and oxygen atoms in total. The van der Waals surface area contributed by atoms with Gasteiger partial charge in [-0.05, 0) is 19.3 Å². The van der Waals surface area contributed by atoms with Gasteiger partial charge in [0.05, 0.1) is 45.7 Å². The van der Waals surface area contributed by atoms with Crippen molar-refractivity contribution in [1.29, 1.82) is 0 Å². The lowest BCUT2D eigenvalue weighted by Gasteiger charge is -2.55. The number of rotatable bonds is 10. The van der Waals surface area contributed by atoms with Crippen LogP contribution >= 0.6 is 15.9 Å². The van der Waals surface area contributed by atoms with Crippen molar-refractivity contribution in [3.63, 3.8) is 0 Å².